The fourth-order valence-electron chi connectivity index (χ4n) is 2.04. The molecule has 0 bridgehead atoms. The summed E-state index contributed by atoms with van der Waals surface area (Å²) >= 11 is 0. The van der Waals surface area contributed by atoms with Gasteiger partial charge in [-0.2, -0.15) is 0 Å². The van der Waals surface area contributed by atoms with Gasteiger partial charge in [-0.25, -0.2) is 13.2 Å². The van der Waals surface area contributed by atoms with Crippen LogP contribution in [-0.4, -0.2) is 25.9 Å². The summed E-state index contributed by atoms with van der Waals surface area (Å²) in [6.07, 6.45) is 0. The lowest BCUT2D eigenvalue weighted by molar-refractivity contribution is -0.384. The molecule has 0 saturated carbocycles. The van der Waals surface area contributed by atoms with E-state index >= 15 is 0 Å². The van der Waals surface area contributed by atoms with Crippen molar-refractivity contribution in [2.24, 2.45) is 0 Å². The van der Waals surface area contributed by atoms with Gasteiger partial charge in [0.05, 0.1) is 27.7 Å². The van der Waals surface area contributed by atoms with E-state index in [0.29, 0.717) is 0 Å². The molecule has 0 unspecified atom stereocenters. The number of hydrogen-bond donors (Lipinski definition) is 1. The minimum absolute atomic E-state index is 0.00212. The van der Waals surface area contributed by atoms with Gasteiger partial charge < -0.3 is 4.74 Å². The van der Waals surface area contributed by atoms with E-state index in [1.807, 2.05) is 6.92 Å². The molecular weight excluding hydrogens is 348 g/mol. The van der Waals surface area contributed by atoms with Crippen molar-refractivity contribution in [1.82, 2.24) is 0 Å². The third kappa shape index (κ3) is 4.54. The number of aryl methyl sites for hydroxylation is 1. The van der Waals surface area contributed by atoms with Gasteiger partial charge in [-0.1, -0.05) is 17.7 Å². The molecule has 132 valence electrons. The molecule has 0 atom stereocenters. The van der Waals surface area contributed by atoms with Crippen LogP contribution in [0.3, 0.4) is 0 Å². The first-order chi connectivity index (χ1) is 11.7. The van der Waals surface area contributed by atoms with Crippen molar-refractivity contribution in [1.29, 1.82) is 0 Å². The number of ether oxygens (including phenoxy) is 1. The fourth-order valence-corrected chi connectivity index (χ4v) is 3.08. The van der Waals surface area contributed by atoms with E-state index in [9.17, 15) is 23.3 Å². The van der Waals surface area contributed by atoms with Crippen molar-refractivity contribution in [3.63, 3.8) is 0 Å². The molecule has 0 aliphatic carbocycles. The molecule has 0 fully saturated rings. The van der Waals surface area contributed by atoms with Crippen molar-refractivity contribution >= 4 is 27.4 Å². The quantitative estimate of drug-likeness (QED) is 0.479. The van der Waals surface area contributed by atoms with Gasteiger partial charge >= 0.3 is 5.97 Å². The Morgan fingerprint density at radius 1 is 1.20 bits per heavy atom. The molecule has 2 rings (SSSR count). The lowest BCUT2D eigenvalue weighted by Gasteiger charge is -2.10. The molecule has 2 aromatic carbocycles. The lowest BCUT2D eigenvalue weighted by atomic mass is 10.2. The SMILES string of the molecule is CCOC(=O)c1cc(NS(=O)(=O)c2ccc(C)cc2)cc([N+](=O)[O-])c1. The standard InChI is InChI=1S/C16H16N2O6S/c1-3-24-16(19)12-8-13(10-14(9-12)18(20)21)17-25(22,23)15-6-4-11(2)5-7-15/h4-10,17H,3H2,1-2H3. The van der Waals surface area contributed by atoms with Crippen LogP contribution in [0.4, 0.5) is 11.4 Å². The van der Waals surface area contributed by atoms with E-state index in [4.69, 9.17) is 4.74 Å². The molecule has 0 spiro atoms. The van der Waals surface area contributed by atoms with E-state index in [1.54, 1.807) is 19.1 Å². The second-order valence-electron chi connectivity index (χ2n) is 5.16. The highest BCUT2D eigenvalue weighted by Gasteiger charge is 2.19. The highest BCUT2D eigenvalue weighted by Crippen LogP contribution is 2.24. The summed E-state index contributed by atoms with van der Waals surface area (Å²) in [6.45, 7) is 3.50. The Kier molecular flexibility index (Phi) is 5.38. The van der Waals surface area contributed by atoms with Crippen LogP contribution in [-0.2, 0) is 14.8 Å². The van der Waals surface area contributed by atoms with Gasteiger partial charge in [0, 0.05) is 12.1 Å². The van der Waals surface area contributed by atoms with Gasteiger partial charge in [0.1, 0.15) is 0 Å². The smallest absolute Gasteiger partial charge is 0.338 e. The van der Waals surface area contributed by atoms with Gasteiger partial charge in [-0.15, -0.1) is 0 Å². The number of rotatable bonds is 6. The van der Waals surface area contributed by atoms with Crippen LogP contribution in [0.2, 0.25) is 0 Å². The normalized spacial score (nSPS) is 11.0. The van der Waals surface area contributed by atoms with Crippen LogP contribution in [0.15, 0.2) is 47.4 Å². The maximum absolute atomic E-state index is 12.4. The Hall–Kier alpha value is -2.94. The van der Waals surface area contributed by atoms with Crippen LogP contribution < -0.4 is 4.72 Å². The molecule has 0 saturated heterocycles. The summed E-state index contributed by atoms with van der Waals surface area (Å²) < 4.78 is 31.9. The minimum Gasteiger partial charge on any atom is -0.462 e. The molecule has 0 aliphatic rings. The first-order valence-corrected chi connectivity index (χ1v) is 8.77. The number of non-ortho nitro benzene ring substituents is 1. The molecule has 0 amide bonds. The number of nitrogens with zero attached hydrogens (tertiary/aromatic N) is 1. The number of hydrogen-bond acceptors (Lipinski definition) is 6. The predicted molar refractivity (Wildman–Crippen MR) is 91.0 cm³/mol. The van der Waals surface area contributed by atoms with E-state index in [2.05, 4.69) is 4.72 Å². The molecular formula is C16H16N2O6S. The molecule has 0 aromatic heterocycles. The topological polar surface area (TPSA) is 116 Å². The second kappa shape index (κ2) is 7.31. The fraction of sp³-hybridized carbons (Fsp3) is 0.188. The maximum Gasteiger partial charge on any atom is 0.338 e. The molecule has 8 nitrogen and oxygen atoms in total. The van der Waals surface area contributed by atoms with Crippen molar-refractivity contribution in [2.45, 2.75) is 18.7 Å². The van der Waals surface area contributed by atoms with E-state index in [-0.39, 0.29) is 22.8 Å². The highest BCUT2D eigenvalue weighted by atomic mass is 32.2. The summed E-state index contributed by atoms with van der Waals surface area (Å²) in [5.41, 5.74) is 0.251. The average molecular weight is 364 g/mol. The molecule has 0 radical (unpaired) electrons. The zero-order chi connectivity index (χ0) is 18.6. The third-order valence-corrected chi connectivity index (χ3v) is 4.62. The van der Waals surface area contributed by atoms with Gasteiger partial charge in [0.2, 0.25) is 0 Å². The Bertz CT molecular complexity index is 907. The predicted octanol–water partition coefficient (Wildman–Crippen LogP) is 2.88. The number of anilines is 1. The average Bonchev–Trinajstić information content (AvgIpc) is 2.54. The van der Waals surface area contributed by atoms with Crippen LogP contribution in [0.5, 0.6) is 0 Å². The van der Waals surface area contributed by atoms with Crippen molar-refractivity contribution in [3.8, 4) is 0 Å². The van der Waals surface area contributed by atoms with Crippen LogP contribution >= 0.6 is 0 Å². The summed E-state index contributed by atoms with van der Waals surface area (Å²) in [6, 6.07) is 9.35. The summed E-state index contributed by atoms with van der Waals surface area (Å²) in [7, 11) is -3.95. The first kappa shape index (κ1) is 18.4. The molecule has 25 heavy (non-hydrogen) atoms. The van der Waals surface area contributed by atoms with Crippen molar-refractivity contribution < 1.29 is 22.9 Å². The summed E-state index contributed by atoms with van der Waals surface area (Å²) in [5.74, 6) is -0.776. The Labute approximate surface area is 144 Å². The van der Waals surface area contributed by atoms with Gasteiger partial charge in [0.25, 0.3) is 15.7 Å². The van der Waals surface area contributed by atoms with E-state index in [1.165, 1.54) is 18.2 Å². The molecule has 1 N–H and O–H groups in total. The molecule has 0 heterocycles. The van der Waals surface area contributed by atoms with Crippen LogP contribution in [0, 0.1) is 17.0 Å². The number of carbonyl (C=O) groups excluding carboxylic acids is 1. The van der Waals surface area contributed by atoms with Gasteiger partial charge in [0.15, 0.2) is 0 Å². The minimum atomic E-state index is -3.95. The van der Waals surface area contributed by atoms with Crippen LogP contribution in [0.25, 0.3) is 0 Å². The van der Waals surface area contributed by atoms with Gasteiger partial charge in [-0.3, -0.25) is 14.8 Å². The number of esters is 1. The number of sulfonamides is 1. The third-order valence-electron chi connectivity index (χ3n) is 3.22. The summed E-state index contributed by atoms with van der Waals surface area (Å²) in [5, 5.41) is 11.0. The first-order valence-electron chi connectivity index (χ1n) is 7.29. The van der Waals surface area contributed by atoms with Crippen molar-refractivity contribution in [3.05, 3.63) is 63.7 Å². The lowest BCUT2D eigenvalue weighted by Crippen LogP contribution is -2.14. The van der Waals surface area contributed by atoms with Gasteiger partial charge in [-0.05, 0) is 32.0 Å². The van der Waals surface area contributed by atoms with E-state index < -0.39 is 26.6 Å². The van der Waals surface area contributed by atoms with E-state index in [0.717, 1.165) is 17.7 Å². The monoisotopic (exact) mass is 364 g/mol. The number of nitro groups is 1. The number of nitrogens with one attached hydrogen (secondary N) is 1. The zero-order valence-corrected chi connectivity index (χ0v) is 14.4. The number of nitro benzene ring substituents is 1. The zero-order valence-electron chi connectivity index (χ0n) is 13.6. The number of benzene rings is 2. The second-order valence-corrected chi connectivity index (χ2v) is 6.85. The maximum atomic E-state index is 12.4. The highest BCUT2D eigenvalue weighted by molar-refractivity contribution is 7.92. The Morgan fingerprint density at radius 3 is 2.40 bits per heavy atom. The Balaban J connectivity index is 2.42. The molecule has 2 aromatic rings. The van der Waals surface area contributed by atoms with Crippen molar-refractivity contribution in [2.75, 3.05) is 11.3 Å². The molecule has 0 aliphatic heterocycles. The Morgan fingerprint density at radius 2 is 1.84 bits per heavy atom. The van der Waals surface area contributed by atoms with Crippen LogP contribution in [0.1, 0.15) is 22.8 Å². The number of carbonyl (C=O) groups is 1. The molecule has 9 heteroatoms. The summed E-state index contributed by atoms with van der Waals surface area (Å²) in [4.78, 5) is 22.1. The largest absolute Gasteiger partial charge is 0.462 e.